The van der Waals surface area contributed by atoms with Crippen molar-refractivity contribution in [1.82, 2.24) is 4.90 Å². The number of methoxy groups -OCH3 is 1. The first-order chi connectivity index (χ1) is 7.67. The lowest BCUT2D eigenvalue weighted by molar-refractivity contribution is -0.132. The highest BCUT2D eigenvalue weighted by molar-refractivity contribution is 7.98. The standard InChI is InChI=1S/C11H22N2O2S/c1-4-6-13(7-8-15-2)11(14)10(12)5-9-16-3/h4,10H,1,5-9,12H2,2-3H3/t10-/m0/s1. The zero-order valence-corrected chi connectivity index (χ0v) is 11.0. The van der Waals surface area contributed by atoms with Gasteiger partial charge in [-0.1, -0.05) is 6.08 Å². The van der Waals surface area contributed by atoms with E-state index in [1.807, 2.05) is 6.26 Å². The zero-order chi connectivity index (χ0) is 12.4. The van der Waals surface area contributed by atoms with Crippen LogP contribution < -0.4 is 5.73 Å². The average Bonchev–Trinajstić information content (AvgIpc) is 2.30. The summed E-state index contributed by atoms with van der Waals surface area (Å²) in [6.45, 7) is 5.24. The average molecular weight is 246 g/mol. The number of rotatable bonds is 9. The predicted octanol–water partition coefficient (Wildman–Crippen LogP) is 0.728. The maximum Gasteiger partial charge on any atom is 0.239 e. The van der Waals surface area contributed by atoms with Gasteiger partial charge >= 0.3 is 0 Å². The topological polar surface area (TPSA) is 55.6 Å². The van der Waals surface area contributed by atoms with E-state index in [2.05, 4.69) is 6.58 Å². The molecule has 0 fully saturated rings. The maximum atomic E-state index is 11.9. The van der Waals surface area contributed by atoms with Crippen LogP contribution in [0.3, 0.4) is 0 Å². The number of ether oxygens (including phenoxy) is 1. The predicted molar refractivity (Wildman–Crippen MR) is 69.6 cm³/mol. The highest BCUT2D eigenvalue weighted by atomic mass is 32.2. The summed E-state index contributed by atoms with van der Waals surface area (Å²) in [6.07, 6.45) is 4.42. The number of nitrogens with zero attached hydrogens (tertiary/aromatic N) is 1. The van der Waals surface area contributed by atoms with Gasteiger partial charge in [-0.05, 0) is 18.4 Å². The molecule has 2 N–H and O–H groups in total. The van der Waals surface area contributed by atoms with Gasteiger partial charge in [0.2, 0.25) is 5.91 Å². The van der Waals surface area contributed by atoms with E-state index in [4.69, 9.17) is 10.5 Å². The Hall–Kier alpha value is -0.520. The third-order valence-corrected chi connectivity index (χ3v) is 2.82. The molecule has 5 heteroatoms. The van der Waals surface area contributed by atoms with Crippen molar-refractivity contribution in [3.05, 3.63) is 12.7 Å². The Morgan fingerprint density at radius 3 is 2.88 bits per heavy atom. The highest BCUT2D eigenvalue weighted by Crippen LogP contribution is 2.02. The summed E-state index contributed by atoms with van der Waals surface area (Å²) in [5.41, 5.74) is 5.83. The first-order valence-electron chi connectivity index (χ1n) is 5.30. The molecule has 0 aromatic heterocycles. The van der Waals surface area contributed by atoms with Crippen molar-refractivity contribution in [2.75, 3.05) is 38.8 Å². The van der Waals surface area contributed by atoms with E-state index in [0.717, 1.165) is 5.75 Å². The molecule has 1 amide bonds. The van der Waals surface area contributed by atoms with Crippen LogP contribution >= 0.6 is 11.8 Å². The van der Waals surface area contributed by atoms with Crippen LogP contribution in [-0.4, -0.2) is 55.7 Å². The maximum absolute atomic E-state index is 11.9. The SMILES string of the molecule is C=CCN(CCOC)C(=O)[C@@H](N)CCSC. The normalized spacial score (nSPS) is 12.2. The molecule has 0 unspecified atom stereocenters. The largest absolute Gasteiger partial charge is 0.383 e. The molecule has 0 bridgehead atoms. The quantitative estimate of drug-likeness (QED) is 0.609. The van der Waals surface area contributed by atoms with Crippen molar-refractivity contribution >= 4 is 17.7 Å². The van der Waals surface area contributed by atoms with Crippen molar-refractivity contribution < 1.29 is 9.53 Å². The fraction of sp³-hybridized carbons (Fsp3) is 0.727. The summed E-state index contributed by atoms with van der Waals surface area (Å²) < 4.78 is 4.96. The summed E-state index contributed by atoms with van der Waals surface area (Å²) in [4.78, 5) is 13.6. The molecule has 0 aliphatic rings. The molecule has 0 aliphatic carbocycles. The molecule has 0 radical (unpaired) electrons. The van der Waals surface area contributed by atoms with Gasteiger partial charge in [0.15, 0.2) is 0 Å². The van der Waals surface area contributed by atoms with E-state index < -0.39 is 6.04 Å². The van der Waals surface area contributed by atoms with E-state index in [1.165, 1.54) is 0 Å². The van der Waals surface area contributed by atoms with Gasteiger partial charge in [0.1, 0.15) is 0 Å². The van der Waals surface area contributed by atoms with Gasteiger partial charge in [-0.2, -0.15) is 11.8 Å². The molecule has 16 heavy (non-hydrogen) atoms. The Morgan fingerprint density at radius 1 is 1.69 bits per heavy atom. The number of carbonyl (C=O) groups excluding carboxylic acids is 1. The monoisotopic (exact) mass is 246 g/mol. The minimum absolute atomic E-state index is 0.0222. The Labute approximate surface area is 102 Å². The van der Waals surface area contributed by atoms with Gasteiger partial charge in [-0.25, -0.2) is 0 Å². The van der Waals surface area contributed by atoms with Crippen LogP contribution in [-0.2, 0) is 9.53 Å². The summed E-state index contributed by atoms with van der Waals surface area (Å²) in [5.74, 6) is 0.880. The van der Waals surface area contributed by atoms with Crippen LogP contribution in [0, 0.1) is 0 Å². The van der Waals surface area contributed by atoms with Crippen LogP contribution in [0.4, 0.5) is 0 Å². The zero-order valence-electron chi connectivity index (χ0n) is 10.1. The van der Waals surface area contributed by atoms with Gasteiger partial charge in [0.25, 0.3) is 0 Å². The van der Waals surface area contributed by atoms with Gasteiger partial charge in [0, 0.05) is 20.2 Å². The third-order valence-electron chi connectivity index (χ3n) is 2.18. The van der Waals surface area contributed by atoms with E-state index in [0.29, 0.717) is 26.1 Å². The molecule has 1 atom stereocenters. The summed E-state index contributed by atoms with van der Waals surface area (Å²) in [5, 5.41) is 0. The summed E-state index contributed by atoms with van der Waals surface area (Å²) >= 11 is 1.69. The van der Waals surface area contributed by atoms with Crippen molar-refractivity contribution in [3.63, 3.8) is 0 Å². The Morgan fingerprint density at radius 2 is 2.38 bits per heavy atom. The van der Waals surface area contributed by atoms with Gasteiger partial charge in [-0.3, -0.25) is 4.79 Å². The molecular weight excluding hydrogens is 224 g/mol. The van der Waals surface area contributed by atoms with E-state index in [1.54, 1.807) is 29.8 Å². The Bertz CT molecular complexity index is 212. The van der Waals surface area contributed by atoms with Gasteiger partial charge in [-0.15, -0.1) is 6.58 Å². The number of hydrogen-bond donors (Lipinski definition) is 1. The second kappa shape index (κ2) is 9.69. The van der Waals surface area contributed by atoms with Crippen molar-refractivity contribution in [2.45, 2.75) is 12.5 Å². The van der Waals surface area contributed by atoms with Crippen molar-refractivity contribution in [2.24, 2.45) is 5.73 Å². The minimum atomic E-state index is -0.413. The fourth-order valence-electron chi connectivity index (χ4n) is 1.25. The molecule has 0 heterocycles. The fourth-order valence-corrected chi connectivity index (χ4v) is 1.74. The van der Waals surface area contributed by atoms with Crippen molar-refractivity contribution in [1.29, 1.82) is 0 Å². The third kappa shape index (κ3) is 6.15. The molecule has 0 aromatic rings. The summed E-state index contributed by atoms with van der Waals surface area (Å²) in [6, 6.07) is -0.413. The minimum Gasteiger partial charge on any atom is -0.383 e. The smallest absolute Gasteiger partial charge is 0.239 e. The van der Waals surface area contributed by atoms with Crippen LogP contribution in [0.5, 0.6) is 0 Å². The van der Waals surface area contributed by atoms with Crippen LogP contribution in [0.25, 0.3) is 0 Å². The number of carbonyl (C=O) groups is 1. The molecule has 0 rings (SSSR count). The van der Waals surface area contributed by atoms with Crippen molar-refractivity contribution in [3.8, 4) is 0 Å². The molecule has 0 aliphatic heterocycles. The molecular formula is C11H22N2O2S. The van der Waals surface area contributed by atoms with E-state index in [-0.39, 0.29) is 5.91 Å². The number of hydrogen-bond acceptors (Lipinski definition) is 4. The van der Waals surface area contributed by atoms with E-state index >= 15 is 0 Å². The van der Waals surface area contributed by atoms with Crippen LogP contribution in [0.2, 0.25) is 0 Å². The molecule has 0 aromatic carbocycles. The number of nitrogens with two attached hydrogens (primary N) is 1. The van der Waals surface area contributed by atoms with Gasteiger partial charge < -0.3 is 15.4 Å². The summed E-state index contributed by atoms with van der Waals surface area (Å²) in [7, 11) is 1.62. The van der Waals surface area contributed by atoms with E-state index in [9.17, 15) is 4.79 Å². The lowest BCUT2D eigenvalue weighted by Crippen LogP contribution is -2.45. The van der Waals surface area contributed by atoms with Crippen LogP contribution in [0.15, 0.2) is 12.7 Å². The second-order valence-corrected chi connectivity index (χ2v) is 4.44. The molecule has 0 saturated carbocycles. The molecule has 4 nitrogen and oxygen atoms in total. The second-order valence-electron chi connectivity index (χ2n) is 3.45. The first kappa shape index (κ1) is 15.5. The number of amides is 1. The molecule has 94 valence electrons. The lowest BCUT2D eigenvalue weighted by Gasteiger charge is -2.24. The molecule has 0 saturated heterocycles. The Balaban J connectivity index is 4.17. The Kier molecular flexibility index (Phi) is 9.37. The number of thioether (sulfide) groups is 1. The first-order valence-corrected chi connectivity index (χ1v) is 6.69. The molecule has 0 spiro atoms. The van der Waals surface area contributed by atoms with Crippen LogP contribution in [0.1, 0.15) is 6.42 Å². The lowest BCUT2D eigenvalue weighted by atomic mass is 10.2. The van der Waals surface area contributed by atoms with Gasteiger partial charge in [0.05, 0.1) is 12.6 Å². The highest BCUT2D eigenvalue weighted by Gasteiger charge is 2.19.